The molecule has 0 unspecified atom stereocenters. The first kappa shape index (κ1) is 55.4. The lowest BCUT2D eigenvalue weighted by atomic mass is 9.97. The molecule has 0 aliphatic rings. The summed E-state index contributed by atoms with van der Waals surface area (Å²) in [6, 6.07) is 89.2. The van der Waals surface area contributed by atoms with Crippen molar-refractivity contribution in [3.63, 3.8) is 0 Å². The molecule has 0 bridgehead atoms. The summed E-state index contributed by atoms with van der Waals surface area (Å²) in [5, 5.41) is 96.0. The van der Waals surface area contributed by atoms with Gasteiger partial charge in [-0.3, -0.25) is 0 Å². The van der Waals surface area contributed by atoms with Gasteiger partial charge >= 0.3 is 0 Å². The summed E-state index contributed by atoms with van der Waals surface area (Å²) in [5.74, 6) is 0.461. The predicted molar refractivity (Wildman–Crippen MR) is 351 cm³/mol. The second-order valence-corrected chi connectivity index (χ2v) is 21.9. The Balaban J connectivity index is 1.12. The van der Waals surface area contributed by atoms with Gasteiger partial charge in [-0.05, 0) is 184 Å². The molecule has 0 saturated carbocycles. The minimum absolute atomic E-state index is 0.259. The molecule has 0 aliphatic carbocycles. The van der Waals surface area contributed by atoms with Crippen molar-refractivity contribution in [1.82, 2.24) is 19.1 Å². The van der Waals surface area contributed by atoms with Crippen LogP contribution in [0, 0.1) is 102 Å². The Morgan fingerprint density at radius 3 is 0.793 bits per heavy atom. The average molecular weight is 1170 g/mol. The Morgan fingerprint density at radius 1 is 0.228 bits per heavy atom. The highest BCUT2D eigenvalue weighted by molar-refractivity contribution is 6.14. The van der Waals surface area contributed by atoms with Crippen molar-refractivity contribution in [3.05, 3.63) is 275 Å². The maximum Gasteiger partial charge on any atom is 0.160 e. The lowest BCUT2D eigenvalue weighted by molar-refractivity contribution is 1.11. The minimum Gasteiger partial charge on any atom is -0.308 e. The molecule has 0 spiro atoms. The number of hydrogen-bond donors (Lipinski definition) is 0. The first-order chi connectivity index (χ1) is 45.1. The summed E-state index contributed by atoms with van der Waals surface area (Å²) in [6.07, 6.45) is 0. The summed E-state index contributed by atoms with van der Waals surface area (Å²) in [5.41, 5.74) is 15.2. The van der Waals surface area contributed by atoms with Crippen molar-refractivity contribution in [2.45, 2.75) is 0 Å². The van der Waals surface area contributed by atoms with Crippen LogP contribution in [0.2, 0.25) is 0 Å². The van der Waals surface area contributed by atoms with E-state index in [1.165, 1.54) is 24.3 Å². The van der Waals surface area contributed by atoms with Crippen LogP contribution in [0.5, 0.6) is 0 Å². The zero-order valence-corrected chi connectivity index (χ0v) is 48.2. The number of nitrogens with zero attached hydrogens (tertiary/aromatic N) is 13. The van der Waals surface area contributed by atoms with E-state index in [1.54, 1.807) is 48.5 Å². The lowest BCUT2D eigenvalue weighted by Crippen LogP contribution is -2.06. The molecule has 0 fully saturated rings. The fraction of sp³-hybridized carbons (Fsp3) is 0. The third-order valence-electron chi connectivity index (χ3n) is 16.4. The van der Waals surface area contributed by atoms with E-state index in [0.717, 1.165) is 32.7 Å². The molecular weight excluding hydrogens is 1130 g/mol. The highest BCUT2D eigenvalue weighted by Gasteiger charge is 2.26. The van der Waals surface area contributed by atoms with Gasteiger partial charge in [-0.2, -0.15) is 47.4 Å². The summed E-state index contributed by atoms with van der Waals surface area (Å²) in [7, 11) is 0. The van der Waals surface area contributed by atoms with E-state index < -0.39 is 0 Å². The van der Waals surface area contributed by atoms with Crippen molar-refractivity contribution < 1.29 is 0 Å². The summed E-state index contributed by atoms with van der Waals surface area (Å²) in [6.45, 7) is 0. The molecule has 92 heavy (non-hydrogen) atoms. The fourth-order valence-corrected chi connectivity index (χ4v) is 12.3. The monoisotopic (exact) mass is 1170 g/mol. The van der Waals surface area contributed by atoms with Gasteiger partial charge in [0.05, 0.1) is 138 Å². The summed E-state index contributed by atoms with van der Waals surface area (Å²) in [4.78, 5) is 10.5. The largest absolute Gasteiger partial charge is 0.308 e. The molecule has 3 heterocycles. The lowest BCUT2D eigenvalue weighted by Gasteiger charge is -2.19. The molecule has 3 aromatic heterocycles. The van der Waals surface area contributed by atoms with Gasteiger partial charge in [0.15, 0.2) is 5.82 Å². The second-order valence-electron chi connectivity index (χ2n) is 21.9. The highest BCUT2D eigenvalue weighted by atomic mass is 15.0. The summed E-state index contributed by atoms with van der Waals surface area (Å²) >= 11 is 0. The van der Waals surface area contributed by atoms with Crippen LogP contribution in [-0.2, 0) is 0 Å². The molecule has 418 valence electrons. The van der Waals surface area contributed by atoms with Crippen LogP contribution in [-0.4, -0.2) is 19.1 Å². The van der Waals surface area contributed by atoms with Gasteiger partial charge in [-0.25, -0.2) is 9.97 Å². The molecule has 0 N–H and O–H groups in total. The van der Waals surface area contributed by atoms with Crippen LogP contribution in [0.15, 0.2) is 224 Å². The minimum atomic E-state index is 0.259. The van der Waals surface area contributed by atoms with Gasteiger partial charge in [0.1, 0.15) is 11.6 Å². The van der Waals surface area contributed by atoms with E-state index >= 15 is 0 Å². The predicted octanol–water partition coefficient (Wildman–Crippen LogP) is 17.2. The van der Waals surface area contributed by atoms with Crippen molar-refractivity contribution in [2.75, 3.05) is 0 Å². The maximum atomic E-state index is 12.2. The molecule has 14 aromatic rings. The van der Waals surface area contributed by atoms with E-state index in [9.17, 15) is 47.4 Å². The third-order valence-corrected chi connectivity index (χ3v) is 16.4. The smallest absolute Gasteiger partial charge is 0.160 e. The van der Waals surface area contributed by atoms with E-state index in [1.807, 2.05) is 161 Å². The Labute approximate surface area is 526 Å². The zero-order valence-electron chi connectivity index (χ0n) is 48.2. The highest BCUT2D eigenvalue weighted by Crippen LogP contribution is 2.44. The van der Waals surface area contributed by atoms with E-state index in [2.05, 4.69) is 54.6 Å². The van der Waals surface area contributed by atoms with E-state index in [-0.39, 0.29) is 5.56 Å². The number of fused-ring (bicyclic) bond motifs is 6. The quantitative estimate of drug-likeness (QED) is 0.131. The molecule has 0 saturated heterocycles. The van der Waals surface area contributed by atoms with Crippen LogP contribution in [0.25, 0.3) is 133 Å². The second kappa shape index (κ2) is 22.7. The number of aromatic nitrogens is 4. The third kappa shape index (κ3) is 9.74. The molecule has 0 atom stereocenters. The molecule has 14 rings (SSSR count). The van der Waals surface area contributed by atoms with Crippen LogP contribution in [0.3, 0.4) is 0 Å². The van der Waals surface area contributed by atoms with Crippen LogP contribution >= 0.6 is 0 Å². The fourth-order valence-electron chi connectivity index (χ4n) is 12.3. The number of rotatable bonds is 9. The van der Waals surface area contributed by atoms with Gasteiger partial charge in [0.25, 0.3) is 0 Å². The van der Waals surface area contributed by atoms with Gasteiger partial charge in [-0.1, -0.05) is 84.9 Å². The zero-order chi connectivity index (χ0) is 63.1. The number of nitriles is 9. The Bertz CT molecular complexity index is 5200. The van der Waals surface area contributed by atoms with Gasteiger partial charge in [0.2, 0.25) is 0 Å². The Hall–Kier alpha value is -14.5. The van der Waals surface area contributed by atoms with Gasteiger partial charge < -0.3 is 9.13 Å². The average Bonchev–Trinajstić information content (AvgIpc) is 1.59. The van der Waals surface area contributed by atoms with Crippen molar-refractivity contribution in [3.8, 4) is 144 Å². The molecule has 0 radical (unpaired) electrons. The normalized spacial score (nSPS) is 10.7. The van der Waals surface area contributed by atoms with E-state index in [4.69, 9.17) is 9.97 Å². The Morgan fingerprint density at radius 2 is 0.511 bits per heavy atom. The van der Waals surface area contributed by atoms with Crippen molar-refractivity contribution >= 4 is 43.6 Å². The topological polar surface area (TPSA) is 250 Å². The first-order valence-electron chi connectivity index (χ1n) is 28.7. The van der Waals surface area contributed by atoms with Crippen molar-refractivity contribution in [2.24, 2.45) is 0 Å². The molecule has 0 aliphatic heterocycles. The number of hydrogen-bond acceptors (Lipinski definition) is 11. The molecule has 13 heteroatoms. The van der Waals surface area contributed by atoms with Crippen LogP contribution in [0.1, 0.15) is 50.1 Å². The SMILES string of the molecule is N#Cc1cc(C#N)cc(-c2ccc3c(c2)c2cc(-c4cc(C#N)cc(C#N)c4)ccc2n3-c2cc(-c3cc(-c4ccccc4)nc(-c4ccccc4)n3)cc(-n3c4ccc(-c5cc(C#N)cc(C#N)c5)cc4c4cc(-c5cc(C#N)cc(C#N)c5)ccc43)c2C#N)c1. The van der Waals surface area contributed by atoms with Gasteiger partial charge in [0, 0.05) is 38.2 Å². The standard InChI is InChI=1S/C79H37N13/c80-38-47-19-48(39-81)24-61(23-47)57-11-15-73-66(31-57)67-32-58(62-25-49(40-82)20-50(26-62)41-83)12-16-74(67)91(73)77-35-65(72-37-71(55-7-3-1-4-8-55)89-79(90-72)56-9-5-2-6-10-56)36-78(70(77)46-88)92-75-17-13-59(63-27-51(42-84)21-52(28-63)43-85)33-68(75)69-34-60(14-18-76(69)92)64-29-53(44-86)22-54(30-64)45-87/h1-37H. The summed E-state index contributed by atoms with van der Waals surface area (Å²) < 4.78 is 4.10. The van der Waals surface area contributed by atoms with E-state index in [0.29, 0.717) is 145 Å². The molecule has 11 aromatic carbocycles. The maximum absolute atomic E-state index is 12.2. The molecule has 13 nitrogen and oxygen atoms in total. The van der Waals surface area contributed by atoms with Crippen LogP contribution < -0.4 is 0 Å². The van der Waals surface area contributed by atoms with Crippen LogP contribution in [0.4, 0.5) is 0 Å². The van der Waals surface area contributed by atoms with Gasteiger partial charge in [-0.15, -0.1) is 0 Å². The molecular formula is C79H37N13. The number of benzene rings is 11. The van der Waals surface area contributed by atoms with Crippen molar-refractivity contribution in [1.29, 1.82) is 47.4 Å². The first-order valence-corrected chi connectivity index (χ1v) is 28.7. The molecule has 0 amide bonds. The Kier molecular flexibility index (Phi) is 13.7.